The molecule has 0 spiro atoms. The zero-order chi connectivity index (χ0) is 13.9. The average Bonchev–Trinajstić information content (AvgIpc) is 2.37. The van der Waals surface area contributed by atoms with Gasteiger partial charge in [0, 0.05) is 12.4 Å². The molecule has 1 aromatic heterocycles. The minimum atomic E-state index is -3.00. The number of aryl methyl sites for hydroxylation is 1. The Morgan fingerprint density at radius 3 is 2.89 bits per heavy atom. The lowest BCUT2D eigenvalue weighted by molar-refractivity contribution is 0.452. The van der Waals surface area contributed by atoms with Gasteiger partial charge in [0.05, 0.1) is 17.0 Å². The minimum Gasteiger partial charge on any atom is -0.309 e. The van der Waals surface area contributed by atoms with E-state index in [2.05, 4.69) is 10.3 Å². The number of nitrogens with zero attached hydrogens (tertiary/aromatic N) is 1. The van der Waals surface area contributed by atoms with E-state index in [-0.39, 0.29) is 11.3 Å². The molecule has 1 fully saturated rings. The maximum atomic E-state index is 12.3. The zero-order valence-electron chi connectivity index (χ0n) is 11.6. The summed E-state index contributed by atoms with van der Waals surface area (Å²) < 4.78 is 24.6. The highest BCUT2D eigenvalue weighted by Crippen LogP contribution is 2.31. The van der Waals surface area contributed by atoms with Crippen LogP contribution in [0.4, 0.5) is 0 Å². The van der Waals surface area contributed by atoms with E-state index < -0.39 is 9.84 Å². The van der Waals surface area contributed by atoms with Gasteiger partial charge < -0.3 is 5.32 Å². The van der Waals surface area contributed by atoms with E-state index in [9.17, 15) is 8.42 Å². The van der Waals surface area contributed by atoms with Crippen LogP contribution in [0.2, 0.25) is 0 Å². The summed E-state index contributed by atoms with van der Waals surface area (Å²) in [5.74, 6) is 0.318. The molecular weight excluding hydrogens is 260 g/mol. The molecule has 0 radical (unpaired) electrons. The molecule has 0 aromatic carbocycles. The molecule has 1 aromatic rings. The molecule has 0 aliphatic carbocycles. The third-order valence-electron chi connectivity index (χ3n) is 3.84. The number of pyridine rings is 1. The van der Waals surface area contributed by atoms with Crippen LogP contribution in [0.25, 0.3) is 0 Å². The molecule has 2 unspecified atom stereocenters. The monoisotopic (exact) mass is 282 g/mol. The lowest BCUT2D eigenvalue weighted by Gasteiger charge is -2.31. The van der Waals surface area contributed by atoms with Crippen LogP contribution in [0.5, 0.6) is 0 Å². The Labute approximate surface area is 115 Å². The van der Waals surface area contributed by atoms with Crippen molar-refractivity contribution in [2.75, 3.05) is 12.3 Å². The Hall–Kier alpha value is -0.940. The first-order valence-corrected chi connectivity index (χ1v) is 8.63. The highest BCUT2D eigenvalue weighted by Gasteiger charge is 2.36. The Morgan fingerprint density at radius 1 is 1.47 bits per heavy atom. The van der Waals surface area contributed by atoms with Crippen LogP contribution in [-0.4, -0.2) is 30.9 Å². The fourth-order valence-electron chi connectivity index (χ4n) is 2.82. The molecule has 19 heavy (non-hydrogen) atoms. The van der Waals surface area contributed by atoms with Crippen molar-refractivity contribution in [1.82, 2.24) is 10.3 Å². The van der Waals surface area contributed by atoms with Gasteiger partial charge in [-0.2, -0.15) is 0 Å². The van der Waals surface area contributed by atoms with Gasteiger partial charge in [-0.25, -0.2) is 8.42 Å². The third kappa shape index (κ3) is 3.15. The van der Waals surface area contributed by atoms with Crippen molar-refractivity contribution >= 4 is 9.84 Å². The molecule has 1 saturated heterocycles. The molecule has 0 saturated carbocycles. The summed E-state index contributed by atoms with van der Waals surface area (Å²) in [5.41, 5.74) is 2.11. The van der Waals surface area contributed by atoms with Gasteiger partial charge >= 0.3 is 0 Å². The SMILES string of the molecule is CCNC(c1cnccc1C)C1CCCCS1(=O)=O. The summed E-state index contributed by atoms with van der Waals surface area (Å²) in [6, 6.07) is 1.80. The van der Waals surface area contributed by atoms with Crippen LogP contribution >= 0.6 is 0 Å². The van der Waals surface area contributed by atoms with Crippen LogP contribution in [0.1, 0.15) is 43.4 Å². The molecule has 5 heteroatoms. The van der Waals surface area contributed by atoms with Crippen LogP contribution in [0.15, 0.2) is 18.5 Å². The predicted molar refractivity (Wildman–Crippen MR) is 76.8 cm³/mol. The third-order valence-corrected chi connectivity index (χ3v) is 6.13. The van der Waals surface area contributed by atoms with Gasteiger partial charge in [-0.1, -0.05) is 13.3 Å². The summed E-state index contributed by atoms with van der Waals surface area (Å²) in [6.07, 6.45) is 6.08. The van der Waals surface area contributed by atoms with E-state index in [0.29, 0.717) is 5.75 Å². The molecule has 2 heterocycles. The standard InChI is InChI=1S/C14H22N2O2S/c1-3-16-14(12-10-15-8-7-11(12)2)13-6-4-5-9-19(13,17)18/h7-8,10,13-14,16H,3-6,9H2,1-2H3. The van der Waals surface area contributed by atoms with Gasteiger partial charge in [0.1, 0.15) is 0 Å². The number of nitrogens with one attached hydrogen (secondary N) is 1. The van der Waals surface area contributed by atoms with E-state index in [1.54, 1.807) is 12.4 Å². The van der Waals surface area contributed by atoms with Crippen molar-refractivity contribution in [2.45, 2.75) is 44.4 Å². The van der Waals surface area contributed by atoms with Crippen molar-refractivity contribution in [3.63, 3.8) is 0 Å². The largest absolute Gasteiger partial charge is 0.309 e. The predicted octanol–water partition coefficient (Wildman–Crippen LogP) is 2.01. The second kappa shape index (κ2) is 6.01. The van der Waals surface area contributed by atoms with E-state index in [0.717, 1.165) is 36.9 Å². The lowest BCUT2D eigenvalue weighted by atomic mass is 9.97. The molecular formula is C14H22N2O2S. The van der Waals surface area contributed by atoms with E-state index in [4.69, 9.17) is 0 Å². The molecule has 2 rings (SSSR count). The maximum Gasteiger partial charge on any atom is 0.155 e. The molecule has 1 aliphatic heterocycles. The van der Waals surface area contributed by atoms with Crippen molar-refractivity contribution < 1.29 is 8.42 Å². The van der Waals surface area contributed by atoms with Gasteiger partial charge in [0.2, 0.25) is 0 Å². The van der Waals surface area contributed by atoms with Crippen molar-refractivity contribution in [1.29, 1.82) is 0 Å². The molecule has 2 atom stereocenters. The molecule has 0 bridgehead atoms. The topological polar surface area (TPSA) is 59.1 Å². The number of rotatable bonds is 4. The fraction of sp³-hybridized carbons (Fsp3) is 0.643. The fourth-order valence-corrected chi connectivity index (χ4v) is 4.91. The number of hydrogen-bond donors (Lipinski definition) is 1. The van der Waals surface area contributed by atoms with E-state index in [1.165, 1.54) is 0 Å². The Kier molecular flexibility index (Phi) is 4.58. The van der Waals surface area contributed by atoms with Crippen molar-refractivity contribution in [2.24, 2.45) is 0 Å². The molecule has 106 valence electrons. The number of hydrogen-bond acceptors (Lipinski definition) is 4. The van der Waals surface area contributed by atoms with Gasteiger partial charge in [0.15, 0.2) is 9.84 Å². The average molecular weight is 282 g/mol. The number of sulfone groups is 1. The second-order valence-corrected chi connectivity index (χ2v) is 7.51. The smallest absolute Gasteiger partial charge is 0.155 e. The lowest BCUT2D eigenvalue weighted by Crippen LogP contribution is -2.41. The molecule has 1 aliphatic rings. The first-order chi connectivity index (χ1) is 9.06. The van der Waals surface area contributed by atoms with Crippen LogP contribution < -0.4 is 5.32 Å². The first-order valence-electron chi connectivity index (χ1n) is 6.91. The number of aromatic nitrogens is 1. The van der Waals surface area contributed by atoms with Gasteiger partial charge in [0.25, 0.3) is 0 Å². The summed E-state index contributed by atoms with van der Waals surface area (Å²) in [7, 11) is -3.00. The van der Waals surface area contributed by atoms with E-state index >= 15 is 0 Å². The van der Waals surface area contributed by atoms with E-state index in [1.807, 2.05) is 19.9 Å². The Morgan fingerprint density at radius 2 is 2.26 bits per heavy atom. The summed E-state index contributed by atoms with van der Waals surface area (Å²) in [4.78, 5) is 4.16. The Balaban J connectivity index is 2.37. The molecule has 0 amide bonds. The van der Waals surface area contributed by atoms with Crippen LogP contribution in [0.3, 0.4) is 0 Å². The molecule has 1 N–H and O–H groups in total. The maximum absolute atomic E-state index is 12.3. The first kappa shape index (κ1) is 14.5. The Bertz CT molecular complexity index is 528. The van der Waals surface area contributed by atoms with Crippen LogP contribution in [0, 0.1) is 6.92 Å². The highest BCUT2D eigenvalue weighted by molar-refractivity contribution is 7.92. The van der Waals surface area contributed by atoms with Crippen molar-refractivity contribution in [3.05, 3.63) is 29.6 Å². The summed E-state index contributed by atoms with van der Waals surface area (Å²) in [6.45, 7) is 4.77. The molecule has 4 nitrogen and oxygen atoms in total. The summed E-state index contributed by atoms with van der Waals surface area (Å²) >= 11 is 0. The second-order valence-electron chi connectivity index (χ2n) is 5.17. The normalized spacial score (nSPS) is 24.0. The van der Waals surface area contributed by atoms with Crippen molar-refractivity contribution in [3.8, 4) is 0 Å². The van der Waals surface area contributed by atoms with Gasteiger partial charge in [-0.15, -0.1) is 0 Å². The van der Waals surface area contributed by atoms with Gasteiger partial charge in [-0.05, 0) is 43.5 Å². The van der Waals surface area contributed by atoms with Crippen LogP contribution in [-0.2, 0) is 9.84 Å². The summed E-state index contributed by atoms with van der Waals surface area (Å²) in [5, 5.41) is 3.03. The minimum absolute atomic E-state index is 0.135. The highest BCUT2D eigenvalue weighted by atomic mass is 32.2. The van der Waals surface area contributed by atoms with Gasteiger partial charge in [-0.3, -0.25) is 4.98 Å². The quantitative estimate of drug-likeness (QED) is 0.917. The zero-order valence-corrected chi connectivity index (χ0v) is 12.4.